The third-order valence-corrected chi connectivity index (χ3v) is 7.45. The summed E-state index contributed by atoms with van der Waals surface area (Å²) in [6.07, 6.45) is 1.74. The van der Waals surface area contributed by atoms with E-state index in [-0.39, 0.29) is 12.2 Å². The predicted octanol–water partition coefficient (Wildman–Crippen LogP) is 2.29. The largest absolute Gasteiger partial charge is 0.463 e. The average Bonchev–Trinajstić information content (AvgIpc) is 3.56. The van der Waals surface area contributed by atoms with Crippen LogP contribution >= 0.6 is 22.7 Å². The number of aromatic nitrogens is 1. The molecule has 3 aromatic rings. The number of fused-ring (bicyclic) bond motifs is 1. The first-order valence-corrected chi connectivity index (χ1v) is 12.4. The van der Waals surface area contributed by atoms with E-state index in [1.807, 2.05) is 29.6 Å². The summed E-state index contributed by atoms with van der Waals surface area (Å²) >= 11 is 2.78. The second-order valence-electron chi connectivity index (χ2n) is 7.59. The molecule has 172 valence electrons. The number of thiazole rings is 1. The minimum absolute atomic E-state index is 0.212. The second-order valence-corrected chi connectivity index (χ2v) is 9.58. The van der Waals surface area contributed by atoms with Crippen LogP contribution in [0.5, 0.6) is 0 Å². The van der Waals surface area contributed by atoms with Crippen molar-refractivity contribution < 1.29 is 18.7 Å². The summed E-state index contributed by atoms with van der Waals surface area (Å²) in [5, 5.41) is 1.93. The molecular weight excluding hydrogens is 462 g/mol. The Bertz CT molecular complexity index is 1370. The van der Waals surface area contributed by atoms with E-state index in [2.05, 4.69) is 9.89 Å². The fraction of sp³-hybridized carbons (Fsp3) is 0.348. The first kappa shape index (κ1) is 21.9. The van der Waals surface area contributed by atoms with Crippen LogP contribution < -0.4 is 19.8 Å². The first-order valence-electron chi connectivity index (χ1n) is 10.7. The molecule has 1 atom stereocenters. The number of hydrogen-bond donors (Lipinski definition) is 0. The highest BCUT2D eigenvalue weighted by molar-refractivity contribution is 7.10. The average molecular weight is 486 g/mol. The normalized spacial score (nSPS) is 18.9. The molecule has 0 N–H and O–H groups in total. The minimum Gasteiger partial charge on any atom is -0.463 e. The predicted molar refractivity (Wildman–Crippen MR) is 126 cm³/mol. The maximum Gasteiger partial charge on any atom is 0.338 e. The molecule has 2 aliphatic rings. The molecular formula is C23H23N3O5S2. The third kappa shape index (κ3) is 4.09. The van der Waals surface area contributed by atoms with Crippen LogP contribution in [0.25, 0.3) is 6.08 Å². The van der Waals surface area contributed by atoms with E-state index < -0.39 is 12.0 Å². The number of allylic oxidation sites excluding steroid dienone is 1. The molecule has 0 spiro atoms. The van der Waals surface area contributed by atoms with Crippen LogP contribution in [0.15, 0.2) is 55.1 Å². The van der Waals surface area contributed by atoms with Crippen molar-refractivity contribution in [2.75, 3.05) is 37.8 Å². The van der Waals surface area contributed by atoms with Gasteiger partial charge in [-0.25, -0.2) is 9.79 Å². The molecule has 5 rings (SSSR count). The molecule has 5 heterocycles. The van der Waals surface area contributed by atoms with Crippen LogP contribution in [0.1, 0.15) is 30.5 Å². The summed E-state index contributed by atoms with van der Waals surface area (Å²) in [4.78, 5) is 34.4. The highest BCUT2D eigenvalue weighted by Gasteiger charge is 2.33. The zero-order valence-corrected chi connectivity index (χ0v) is 19.9. The summed E-state index contributed by atoms with van der Waals surface area (Å²) in [6.45, 7) is 6.67. The summed E-state index contributed by atoms with van der Waals surface area (Å²) in [7, 11) is 0. The number of furan rings is 1. The van der Waals surface area contributed by atoms with E-state index in [4.69, 9.17) is 13.9 Å². The maximum atomic E-state index is 13.5. The number of hydrogen-bond acceptors (Lipinski definition) is 9. The Balaban J connectivity index is 1.58. The minimum atomic E-state index is -0.567. The van der Waals surface area contributed by atoms with Crippen LogP contribution in [-0.4, -0.2) is 43.4 Å². The highest BCUT2D eigenvalue weighted by Crippen LogP contribution is 2.33. The lowest BCUT2D eigenvalue weighted by molar-refractivity contribution is -0.139. The number of ether oxygens (including phenoxy) is 2. The Morgan fingerprint density at radius 3 is 2.85 bits per heavy atom. The van der Waals surface area contributed by atoms with Crippen molar-refractivity contribution in [1.29, 1.82) is 0 Å². The van der Waals surface area contributed by atoms with Gasteiger partial charge in [0.2, 0.25) is 0 Å². The quantitative estimate of drug-likeness (QED) is 0.516. The molecule has 10 heteroatoms. The fourth-order valence-corrected chi connectivity index (χ4v) is 5.86. The summed E-state index contributed by atoms with van der Waals surface area (Å²) in [5.41, 5.74) is 0.744. The van der Waals surface area contributed by atoms with Gasteiger partial charge in [0.1, 0.15) is 11.8 Å². The fourth-order valence-electron chi connectivity index (χ4n) is 4.01. The molecule has 0 aromatic carbocycles. The van der Waals surface area contributed by atoms with E-state index in [0.29, 0.717) is 39.6 Å². The van der Waals surface area contributed by atoms with Crippen LogP contribution in [0.3, 0.4) is 0 Å². The standard InChI is InChI=1S/C23H23N3O5S2/c1-3-30-22(28)19-14(2)24-23-26(20(19)16-5-4-12-32-16)21(27)17(33-23)13-15-6-7-18(31-15)25-8-10-29-11-9-25/h4-7,12-13,20H,3,8-11H2,1-2H3/b17-13-/t20-/m1/s1. The van der Waals surface area contributed by atoms with Gasteiger partial charge in [-0.15, -0.1) is 11.3 Å². The van der Waals surface area contributed by atoms with Crippen molar-refractivity contribution in [3.63, 3.8) is 0 Å². The monoisotopic (exact) mass is 485 g/mol. The van der Waals surface area contributed by atoms with Crippen molar-refractivity contribution in [1.82, 2.24) is 4.57 Å². The number of thiophene rings is 1. The van der Waals surface area contributed by atoms with Gasteiger partial charge in [-0.05, 0) is 31.4 Å². The lowest BCUT2D eigenvalue weighted by Crippen LogP contribution is -2.39. The zero-order valence-electron chi connectivity index (χ0n) is 18.3. The second kappa shape index (κ2) is 9.12. The first-order chi connectivity index (χ1) is 16.1. The zero-order chi connectivity index (χ0) is 22.9. The molecule has 0 radical (unpaired) electrons. The lowest BCUT2D eigenvalue weighted by Gasteiger charge is -2.26. The summed E-state index contributed by atoms with van der Waals surface area (Å²) < 4.78 is 18.8. The van der Waals surface area contributed by atoms with E-state index in [1.54, 1.807) is 24.5 Å². The van der Waals surface area contributed by atoms with Crippen LogP contribution in [-0.2, 0) is 14.3 Å². The van der Waals surface area contributed by atoms with Crippen molar-refractivity contribution in [2.45, 2.75) is 19.9 Å². The molecule has 1 saturated heterocycles. The Labute approximate surface area is 197 Å². The number of rotatable bonds is 5. The molecule has 3 aromatic heterocycles. The molecule has 33 heavy (non-hydrogen) atoms. The molecule has 0 bridgehead atoms. The number of carbonyl (C=O) groups excluding carboxylic acids is 1. The lowest BCUT2D eigenvalue weighted by atomic mass is 10.0. The Hall–Kier alpha value is -2.95. The molecule has 0 saturated carbocycles. The van der Waals surface area contributed by atoms with Gasteiger partial charge in [0, 0.05) is 30.1 Å². The highest BCUT2D eigenvalue weighted by atomic mass is 32.1. The van der Waals surface area contributed by atoms with Gasteiger partial charge in [-0.1, -0.05) is 17.4 Å². The van der Waals surface area contributed by atoms with Gasteiger partial charge in [0.25, 0.3) is 5.56 Å². The van der Waals surface area contributed by atoms with Crippen molar-refractivity contribution in [3.05, 3.63) is 71.2 Å². The van der Waals surface area contributed by atoms with Crippen LogP contribution in [0, 0.1) is 0 Å². The van der Waals surface area contributed by atoms with E-state index in [1.165, 1.54) is 22.7 Å². The van der Waals surface area contributed by atoms with Crippen molar-refractivity contribution in [3.8, 4) is 0 Å². The molecule has 0 amide bonds. The summed E-state index contributed by atoms with van der Waals surface area (Å²) in [6, 6.07) is 7.03. The molecule has 0 unspecified atom stereocenters. The number of anilines is 1. The van der Waals surface area contributed by atoms with E-state index in [0.717, 1.165) is 23.9 Å². The van der Waals surface area contributed by atoms with Crippen LogP contribution in [0.4, 0.5) is 5.88 Å². The SMILES string of the molecule is CCOC(=O)C1=C(C)N=c2s/c(=C\c3ccc(N4CCOCC4)o3)c(=O)n2[C@@H]1c1cccs1. The molecule has 2 aliphatic heterocycles. The van der Waals surface area contributed by atoms with Crippen LogP contribution in [0.2, 0.25) is 0 Å². The summed E-state index contributed by atoms with van der Waals surface area (Å²) in [5.74, 6) is 0.901. The van der Waals surface area contributed by atoms with Crippen molar-refractivity contribution in [2.24, 2.45) is 4.99 Å². The van der Waals surface area contributed by atoms with Gasteiger partial charge in [-0.3, -0.25) is 9.36 Å². The van der Waals surface area contributed by atoms with Gasteiger partial charge in [0.15, 0.2) is 10.7 Å². The van der Waals surface area contributed by atoms with Gasteiger partial charge >= 0.3 is 5.97 Å². The smallest absolute Gasteiger partial charge is 0.338 e. The molecule has 0 aliphatic carbocycles. The Morgan fingerprint density at radius 2 is 2.12 bits per heavy atom. The number of nitrogens with zero attached hydrogens (tertiary/aromatic N) is 3. The number of morpholine rings is 1. The van der Waals surface area contributed by atoms with Gasteiger partial charge < -0.3 is 18.8 Å². The molecule has 1 fully saturated rings. The number of carbonyl (C=O) groups is 1. The Morgan fingerprint density at radius 1 is 1.30 bits per heavy atom. The number of esters is 1. The Kier molecular flexibility index (Phi) is 6.05. The van der Waals surface area contributed by atoms with Crippen molar-refractivity contribution >= 4 is 40.6 Å². The van der Waals surface area contributed by atoms with Gasteiger partial charge in [-0.2, -0.15) is 0 Å². The topological polar surface area (TPSA) is 86.3 Å². The molecule has 8 nitrogen and oxygen atoms in total. The third-order valence-electron chi connectivity index (χ3n) is 5.54. The maximum absolute atomic E-state index is 13.5. The van der Waals surface area contributed by atoms with E-state index >= 15 is 0 Å². The van der Waals surface area contributed by atoms with Gasteiger partial charge in [0.05, 0.1) is 35.6 Å². The van der Waals surface area contributed by atoms with E-state index in [9.17, 15) is 9.59 Å².